The second-order valence-electron chi connectivity index (χ2n) is 4.45. The summed E-state index contributed by atoms with van der Waals surface area (Å²) in [6.07, 6.45) is -0.750. The number of rotatable bonds is 3. The van der Waals surface area contributed by atoms with E-state index in [-0.39, 0.29) is 6.10 Å². The van der Waals surface area contributed by atoms with Gasteiger partial charge in [-0.2, -0.15) is 0 Å². The molecule has 3 heteroatoms. The first-order valence-corrected chi connectivity index (χ1v) is 5.70. The van der Waals surface area contributed by atoms with Gasteiger partial charge in [-0.15, -0.1) is 0 Å². The van der Waals surface area contributed by atoms with E-state index in [4.69, 9.17) is 9.47 Å². The van der Waals surface area contributed by atoms with E-state index < -0.39 is 6.10 Å². The zero-order chi connectivity index (χ0) is 11.5. The van der Waals surface area contributed by atoms with Crippen molar-refractivity contribution in [1.82, 2.24) is 0 Å². The maximum Gasteiger partial charge on any atom is 0.150 e. The summed E-state index contributed by atoms with van der Waals surface area (Å²) in [5, 5.41) is 9.63. The second-order valence-corrected chi connectivity index (χ2v) is 4.45. The smallest absolute Gasteiger partial charge is 0.150 e. The minimum absolute atomic E-state index is 0.236. The highest BCUT2D eigenvalue weighted by Gasteiger charge is 2.28. The van der Waals surface area contributed by atoms with E-state index in [0.717, 1.165) is 5.75 Å². The minimum Gasteiger partial charge on any atom is -0.485 e. The first-order chi connectivity index (χ1) is 7.68. The summed E-state index contributed by atoms with van der Waals surface area (Å²) in [5.41, 5.74) is 1.17. The number of aliphatic hydroxyl groups excluding tert-OH is 1. The minimum atomic E-state index is -0.514. The predicted octanol–water partition coefficient (Wildman–Crippen LogP) is 1.95. The van der Waals surface area contributed by atoms with Crippen LogP contribution in [0.3, 0.4) is 0 Å². The van der Waals surface area contributed by atoms with Crippen molar-refractivity contribution < 1.29 is 14.6 Å². The van der Waals surface area contributed by atoms with Crippen molar-refractivity contribution in [1.29, 1.82) is 0 Å². The highest BCUT2D eigenvalue weighted by Crippen LogP contribution is 2.27. The van der Waals surface area contributed by atoms with Crippen molar-refractivity contribution in [2.45, 2.75) is 32.0 Å². The van der Waals surface area contributed by atoms with Crippen molar-refractivity contribution in [2.24, 2.45) is 0 Å². The molecule has 0 saturated carbocycles. The maximum atomic E-state index is 9.63. The van der Waals surface area contributed by atoms with Gasteiger partial charge in [0.2, 0.25) is 0 Å². The molecule has 1 fully saturated rings. The summed E-state index contributed by atoms with van der Waals surface area (Å²) in [5.74, 6) is 1.27. The maximum absolute atomic E-state index is 9.63. The van der Waals surface area contributed by atoms with Crippen LogP contribution in [-0.4, -0.2) is 30.5 Å². The highest BCUT2D eigenvalue weighted by molar-refractivity contribution is 5.35. The number of aliphatic hydroxyl groups is 1. The Labute approximate surface area is 96.0 Å². The Morgan fingerprint density at radius 2 is 2.06 bits per heavy atom. The number of para-hydroxylation sites is 1. The molecule has 1 aromatic carbocycles. The van der Waals surface area contributed by atoms with Crippen LogP contribution in [0.1, 0.15) is 25.3 Å². The summed E-state index contributed by atoms with van der Waals surface area (Å²) in [6, 6.07) is 7.95. The third-order valence-electron chi connectivity index (χ3n) is 2.82. The van der Waals surface area contributed by atoms with Crippen LogP contribution in [0.5, 0.6) is 5.75 Å². The molecule has 1 aliphatic rings. The summed E-state index contributed by atoms with van der Waals surface area (Å²) < 4.78 is 11.0. The molecule has 1 N–H and O–H groups in total. The van der Waals surface area contributed by atoms with Gasteiger partial charge in [0, 0.05) is 0 Å². The van der Waals surface area contributed by atoms with Crippen LogP contribution in [0.15, 0.2) is 24.3 Å². The van der Waals surface area contributed by atoms with Gasteiger partial charge in [-0.3, -0.25) is 0 Å². The van der Waals surface area contributed by atoms with E-state index in [9.17, 15) is 5.11 Å². The van der Waals surface area contributed by atoms with Crippen LogP contribution in [-0.2, 0) is 4.74 Å². The van der Waals surface area contributed by atoms with Gasteiger partial charge >= 0.3 is 0 Å². The lowest BCUT2D eigenvalue weighted by atomic mass is 10.0. The average molecular weight is 222 g/mol. The van der Waals surface area contributed by atoms with Crippen LogP contribution in [0.4, 0.5) is 0 Å². The van der Waals surface area contributed by atoms with Crippen molar-refractivity contribution >= 4 is 0 Å². The van der Waals surface area contributed by atoms with Crippen LogP contribution >= 0.6 is 0 Å². The molecule has 0 unspecified atom stereocenters. The molecule has 88 valence electrons. The molecule has 1 aromatic rings. The number of ether oxygens (including phenoxy) is 2. The van der Waals surface area contributed by atoms with E-state index in [0.29, 0.717) is 19.1 Å². The molecule has 1 aliphatic heterocycles. The Balaban J connectivity index is 2.14. The molecule has 2 atom stereocenters. The quantitative estimate of drug-likeness (QED) is 0.849. The standard InChI is InChI=1S/C13H18O3/c1-9(2)10-5-3-4-6-12(10)16-13-8-15-7-11(13)14/h3-6,9,11,13-14H,7-8H2,1-2H3/t11-,13-/m1/s1. The van der Waals surface area contributed by atoms with Gasteiger partial charge in [0.15, 0.2) is 0 Å². The molecule has 1 saturated heterocycles. The molecule has 0 bridgehead atoms. The fourth-order valence-corrected chi connectivity index (χ4v) is 1.86. The summed E-state index contributed by atoms with van der Waals surface area (Å²) >= 11 is 0. The van der Waals surface area contributed by atoms with Gasteiger partial charge in [0.25, 0.3) is 0 Å². The third kappa shape index (κ3) is 2.36. The Hall–Kier alpha value is -1.06. The normalized spacial score (nSPS) is 25.0. The topological polar surface area (TPSA) is 38.7 Å². The SMILES string of the molecule is CC(C)c1ccccc1O[C@@H]1COC[C@H]1O. The van der Waals surface area contributed by atoms with Crippen LogP contribution in [0.25, 0.3) is 0 Å². The Bertz CT molecular complexity index is 349. The van der Waals surface area contributed by atoms with Crippen molar-refractivity contribution in [3.63, 3.8) is 0 Å². The predicted molar refractivity (Wildman–Crippen MR) is 61.8 cm³/mol. The van der Waals surface area contributed by atoms with Gasteiger partial charge in [-0.05, 0) is 17.5 Å². The van der Waals surface area contributed by atoms with Gasteiger partial charge in [-0.1, -0.05) is 32.0 Å². The van der Waals surface area contributed by atoms with Crippen molar-refractivity contribution in [3.8, 4) is 5.75 Å². The van der Waals surface area contributed by atoms with Crippen LogP contribution < -0.4 is 4.74 Å². The molecule has 0 spiro atoms. The zero-order valence-electron chi connectivity index (χ0n) is 9.72. The van der Waals surface area contributed by atoms with Crippen LogP contribution in [0, 0.1) is 0 Å². The van der Waals surface area contributed by atoms with E-state index in [2.05, 4.69) is 19.9 Å². The Morgan fingerprint density at radius 3 is 2.69 bits per heavy atom. The van der Waals surface area contributed by atoms with E-state index in [1.165, 1.54) is 5.56 Å². The highest BCUT2D eigenvalue weighted by atomic mass is 16.6. The molecule has 3 nitrogen and oxygen atoms in total. The summed E-state index contributed by atoms with van der Waals surface area (Å²) in [4.78, 5) is 0. The number of hydrogen-bond acceptors (Lipinski definition) is 3. The van der Waals surface area contributed by atoms with E-state index in [1.54, 1.807) is 0 Å². The zero-order valence-corrected chi connectivity index (χ0v) is 9.72. The number of benzene rings is 1. The Morgan fingerprint density at radius 1 is 1.31 bits per heavy atom. The molecule has 0 aliphatic carbocycles. The molecule has 1 heterocycles. The molecule has 2 rings (SSSR count). The van der Waals surface area contributed by atoms with Gasteiger partial charge < -0.3 is 14.6 Å². The largest absolute Gasteiger partial charge is 0.485 e. The Kier molecular flexibility index (Phi) is 3.46. The second kappa shape index (κ2) is 4.85. The summed E-state index contributed by atoms with van der Waals surface area (Å²) in [6.45, 7) is 5.09. The third-order valence-corrected chi connectivity index (χ3v) is 2.82. The number of hydrogen-bond donors (Lipinski definition) is 1. The molecule has 0 radical (unpaired) electrons. The van der Waals surface area contributed by atoms with Gasteiger partial charge in [-0.25, -0.2) is 0 Å². The van der Waals surface area contributed by atoms with Crippen molar-refractivity contribution in [2.75, 3.05) is 13.2 Å². The molecular formula is C13H18O3. The first kappa shape index (κ1) is 11.4. The fourth-order valence-electron chi connectivity index (χ4n) is 1.86. The molecule has 0 amide bonds. The molecule has 16 heavy (non-hydrogen) atoms. The van der Waals surface area contributed by atoms with E-state index >= 15 is 0 Å². The lowest BCUT2D eigenvalue weighted by Gasteiger charge is -2.19. The van der Waals surface area contributed by atoms with E-state index in [1.807, 2.05) is 18.2 Å². The first-order valence-electron chi connectivity index (χ1n) is 5.70. The van der Waals surface area contributed by atoms with Gasteiger partial charge in [0.05, 0.1) is 13.2 Å². The average Bonchev–Trinajstić information content (AvgIpc) is 2.65. The fraction of sp³-hybridized carbons (Fsp3) is 0.538. The van der Waals surface area contributed by atoms with Crippen LogP contribution in [0.2, 0.25) is 0 Å². The molecular weight excluding hydrogens is 204 g/mol. The monoisotopic (exact) mass is 222 g/mol. The molecule has 0 aromatic heterocycles. The lowest BCUT2D eigenvalue weighted by molar-refractivity contribution is 0.0726. The van der Waals surface area contributed by atoms with Gasteiger partial charge in [0.1, 0.15) is 18.0 Å². The summed E-state index contributed by atoms with van der Waals surface area (Å²) in [7, 11) is 0. The van der Waals surface area contributed by atoms with Crippen molar-refractivity contribution in [3.05, 3.63) is 29.8 Å². The lowest BCUT2D eigenvalue weighted by Crippen LogP contribution is -2.30.